The molecule has 0 spiro atoms. The second kappa shape index (κ2) is 26.4. The summed E-state index contributed by atoms with van der Waals surface area (Å²) in [6, 6.07) is 5.84. The molecule has 0 saturated carbocycles. The molecule has 0 amide bonds. The van der Waals surface area contributed by atoms with Gasteiger partial charge in [0.15, 0.2) is 38.6 Å². The molecule has 3 heterocycles. The number of ether oxygens (including phenoxy) is 3. The van der Waals surface area contributed by atoms with Gasteiger partial charge < -0.3 is 42.7 Å². The maximum atomic E-state index is 13.2. The number of aromatic nitrogens is 3. The van der Waals surface area contributed by atoms with Crippen LogP contribution in [0.2, 0.25) is 10.0 Å². The Kier molecular flexibility index (Phi) is 24.7. The fourth-order valence-electron chi connectivity index (χ4n) is 6.22. The Hall–Kier alpha value is -0.870. The quantitative estimate of drug-likeness (QED) is 0.0340. The van der Waals surface area contributed by atoms with Crippen LogP contribution in [0.5, 0.6) is 28.7 Å². The fraction of sp³-hybridized carbons (Fsp3) is 0.156. The molecule has 2 aliphatic heterocycles. The van der Waals surface area contributed by atoms with E-state index in [9.17, 15) is 73.3 Å². The average molecular weight is 1250 g/mol. The van der Waals surface area contributed by atoms with Crippen molar-refractivity contribution in [3.63, 3.8) is 0 Å². The van der Waals surface area contributed by atoms with Crippen molar-refractivity contribution in [1.82, 2.24) is 15.0 Å². The SMILES string of the molecule is COc1cc(N=c2[nH]c(=NCCS(=O)(=O)[O-])[nH]c(=Nc3cccc(S(=O)(=O)CCOS(=O)(=O)[O-])c3)[nH]2)c(S(=O)(=O)[O-])c2c1N=c1c(Cl)c3c(c(Cl)c1O2)=Nc1cc(S(=O)(=O)[O-])c(N)c(S(=O)(=O)[O-])c1O3.[Na+].[Na+].[Na+].[Na+].[Na+]. The predicted molar refractivity (Wildman–Crippen MR) is 225 cm³/mol. The van der Waals surface area contributed by atoms with Gasteiger partial charge in [-0.2, -0.15) is 0 Å². The van der Waals surface area contributed by atoms with Gasteiger partial charge in [0, 0.05) is 6.07 Å². The molecule has 5 aromatic rings. The molecular weight excluding hydrogens is 1220 g/mol. The molecule has 0 saturated heterocycles. The molecule has 5 N–H and O–H groups in total. The van der Waals surface area contributed by atoms with Crippen molar-refractivity contribution >= 4 is 112 Å². The van der Waals surface area contributed by atoms with Crippen LogP contribution in [0.1, 0.15) is 0 Å². The summed E-state index contributed by atoms with van der Waals surface area (Å²) >= 11 is 13.3. The fourth-order valence-corrected chi connectivity index (χ4v) is 10.7. The molecular formula is C32H22Cl2N9Na5O21S6. The number of rotatable bonds is 14. The zero-order valence-corrected chi connectivity index (χ0v) is 55.3. The van der Waals surface area contributed by atoms with Crippen LogP contribution in [0.3, 0.4) is 0 Å². The summed E-state index contributed by atoms with van der Waals surface area (Å²) in [5.41, 5.74) is 0.528. The number of fused-ring (bicyclic) bond motifs is 4. The minimum atomic E-state index is -5.77. The number of methoxy groups -OCH3 is 1. The Balaban J connectivity index is 0.00000385. The molecule has 2 aliphatic rings. The van der Waals surface area contributed by atoms with Gasteiger partial charge in [-0.05, 0) is 24.3 Å². The van der Waals surface area contributed by atoms with E-state index in [0.717, 1.165) is 25.3 Å². The molecule has 0 unspecified atom stereocenters. The molecule has 75 heavy (non-hydrogen) atoms. The second-order valence-electron chi connectivity index (χ2n) is 13.7. The Bertz CT molecular complexity index is 4210. The van der Waals surface area contributed by atoms with Crippen LogP contribution in [0, 0.1) is 0 Å². The Morgan fingerprint density at radius 1 is 0.667 bits per heavy atom. The number of H-pyrrole nitrogens is 3. The number of aromatic amines is 3. The van der Waals surface area contributed by atoms with Gasteiger partial charge in [-0.25, -0.2) is 70.5 Å². The Labute approximate surface area is 543 Å². The summed E-state index contributed by atoms with van der Waals surface area (Å²) < 4.78 is 225. The number of hydrogen-bond donors (Lipinski definition) is 4. The van der Waals surface area contributed by atoms with Crippen molar-refractivity contribution in [3.05, 3.63) is 74.0 Å². The van der Waals surface area contributed by atoms with E-state index in [4.69, 9.17) is 43.1 Å². The normalized spacial score (nSPS) is 13.6. The maximum Gasteiger partial charge on any atom is 1.00 e. The summed E-state index contributed by atoms with van der Waals surface area (Å²) in [7, 11) is -30.4. The molecule has 0 fully saturated rings. The van der Waals surface area contributed by atoms with Crippen LogP contribution in [0.15, 0.2) is 80.9 Å². The van der Waals surface area contributed by atoms with Gasteiger partial charge in [-0.1, -0.05) is 29.3 Å². The molecule has 7 rings (SSSR count). The van der Waals surface area contributed by atoms with Gasteiger partial charge in [0.25, 0.3) is 0 Å². The van der Waals surface area contributed by atoms with Crippen LogP contribution >= 0.6 is 23.2 Å². The van der Waals surface area contributed by atoms with Crippen molar-refractivity contribution in [2.45, 2.75) is 19.6 Å². The summed E-state index contributed by atoms with van der Waals surface area (Å²) in [6.45, 7) is -1.72. The van der Waals surface area contributed by atoms with Crippen LogP contribution in [-0.4, -0.2) is 120 Å². The third kappa shape index (κ3) is 16.4. The zero-order valence-electron chi connectivity index (χ0n) is 38.9. The summed E-state index contributed by atoms with van der Waals surface area (Å²) in [6.07, 6.45) is 0. The van der Waals surface area contributed by atoms with Gasteiger partial charge in [0.05, 0.1) is 68.7 Å². The molecule has 0 radical (unpaired) electrons. The van der Waals surface area contributed by atoms with Crippen molar-refractivity contribution in [2.24, 2.45) is 25.0 Å². The minimum absolute atomic E-state index is 0. The van der Waals surface area contributed by atoms with Crippen LogP contribution in [-0.2, 0) is 64.9 Å². The summed E-state index contributed by atoms with van der Waals surface area (Å²) in [4.78, 5) is 23.5. The van der Waals surface area contributed by atoms with E-state index in [1.807, 2.05) is 0 Å². The topological polar surface area (TPSA) is 492 Å². The monoisotopic (exact) mass is 1240 g/mol. The number of hydrogen-bond acceptors (Lipinski definition) is 27. The molecule has 43 heteroatoms. The molecule has 0 atom stereocenters. The number of sulfone groups is 1. The summed E-state index contributed by atoms with van der Waals surface area (Å²) in [5, 5.41) is -2.47. The second-order valence-corrected chi connectivity index (χ2v) is 23.1. The van der Waals surface area contributed by atoms with E-state index in [0.29, 0.717) is 6.07 Å². The van der Waals surface area contributed by atoms with E-state index in [-0.39, 0.29) is 153 Å². The molecule has 4 aromatic carbocycles. The Morgan fingerprint density at radius 2 is 1.21 bits per heavy atom. The standard InChI is InChI=1S/C32H27Cl2N9O21S6.5Na/c1-61-16-10-15(39-32-42-30(36-5-7-66(46,47)48)41-31(43-32)37-12-3-2-4-13(9-12)65(44,45)8-6-62-70(58,59)60)28(68(52,53)54)27-21(16)40-23-19(34)25-22(18(33)26(23)64-27)38-14-11-17(67(49,50)51)20(35)29(24(14)63-25)69(55,56)57;;;;;/h2-4,9-11H,5-8,35H2,1H3,(H,46,47,48)(H,49,50,51)(H,52,53,54)(H,55,56,57)(H,58,59,60)(H3,36,37,39,41,42,43);;;;;/q;5*+1/p-5. The molecule has 0 bridgehead atoms. The average Bonchev–Trinajstić information content (AvgIpc) is 3.21. The van der Waals surface area contributed by atoms with E-state index in [1.165, 1.54) is 12.1 Å². The van der Waals surface area contributed by atoms with E-state index in [1.54, 1.807) is 0 Å². The number of nitrogens with zero attached hydrogens (tertiary/aromatic N) is 5. The number of nitrogen functional groups attached to an aromatic ring is 1. The first kappa shape index (κ1) is 70.2. The first-order chi connectivity index (χ1) is 32.3. The van der Waals surface area contributed by atoms with Gasteiger partial charge >= 0.3 is 148 Å². The largest absolute Gasteiger partial charge is 1.00 e. The zero-order chi connectivity index (χ0) is 51.7. The number of halogens is 2. The Morgan fingerprint density at radius 3 is 1.75 bits per heavy atom. The first-order valence-electron chi connectivity index (χ1n) is 18.1. The smallest absolute Gasteiger partial charge is 0.748 e. The molecule has 1 aromatic heterocycles. The van der Waals surface area contributed by atoms with Gasteiger partial charge in [0.1, 0.15) is 72.3 Å². The molecule has 0 aliphatic carbocycles. The molecule has 376 valence electrons. The number of benzene rings is 4. The first-order valence-corrected chi connectivity index (χ1v) is 27.6. The van der Waals surface area contributed by atoms with Gasteiger partial charge in [-0.15, -0.1) is 0 Å². The van der Waals surface area contributed by atoms with E-state index >= 15 is 0 Å². The predicted octanol–water partition coefficient (Wildman–Crippen LogP) is -16.4. The molecule has 30 nitrogen and oxygen atoms in total. The van der Waals surface area contributed by atoms with E-state index in [2.05, 4.69) is 44.1 Å². The van der Waals surface area contributed by atoms with Gasteiger partial charge in [-0.3, -0.25) is 24.1 Å². The minimum Gasteiger partial charge on any atom is -0.748 e. The van der Waals surface area contributed by atoms with Crippen LogP contribution in [0.4, 0.5) is 28.4 Å². The maximum absolute atomic E-state index is 13.2. The van der Waals surface area contributed by atoms with E-state index < -0.39 is 194 Å². The van der Waals surface area contributed by atoms with Gasteiger partial charge in [0.2, 0.25) is 27.3 Å². The third-order valence-electron chi connectivity index (χ3n) is 9.02. The van der Waals surface area contributed by atoms with Crippen molar-refractivity contribution in [2.75, 3.05) is 37.5 Å². The third-order valence-corrected chi connectivity index (χ3v) is 15.2. The van der Waals surface area contributed by atoms with Crippen LogP contribution in [0.25, 0.3) is 0 Å². The summed E-state index contributed by atoms with van der Waals surface area (Å²) in [5.74, 6) is -5.67. The van der Waals surface area contributed by atoms with Crippen molar-refractivity contribution < 1.29 is 239 Å². The number of nitrogens with two attached hydrogens (primary N) is 1. The number of anilines is 1. The van der Waals surface area contributed by atoms with Crippen molar-refractivity contribution in [3.8, 4) is 28.7 Å². The van der Waals surface area contributed by atoms with Crippen molar-refractivity contribution in [1.29, 1.82) is 0 Å². The number of nitrogens with one attached hydrogen (secondary N) is 3. The van der Waals surface area contributed by atoms with Crippen LogP contribution < -0.4 is 195 Å².